The van der Waals surface area contributed by atoms with Crippen molar-refractivity contribution in [2.75, 3.05) is 22.2 Å². The minimum absolute atomic E-state index is 0.391. The molecule has 0 spiro atoms. The molecule has 0 bridgehead atoms. The summed E-state index contributed by atoms with van der Waals surface area (Å²) in [5, 5.41) is 3.48. The van der Waals surface area contributed by atoms with Crippen molar-refractivity contribution in [3.8, 4) is 0 Å². The summed E-state index contributed by atoms with van der Waals surface area (Å²) < 4.78 is 0. The highest BCUT2D eigenvalue weighted by Crippen LogP contribution is 2.21. The van der Waals surface area contributed by atoms with E-state index in [0.717, 1.165) is 36.5 Å². The van der Waals surface area contributed by atoms with E-state index in [2.05, 4.69) is 41.5 Å². The van der Waals surface area contributed by atoms with Crippen molar-refractivity contribution in [2.45, 2.75) is 53.0 Å². The van der Waals surface area contributed by atoms with Gasteiger partial charge in [0.25, 0.3) is 0 Å². The molecule has 0 fully saturated rings. The molecule has 1 rings (SSSR count). The molecule has 0 aliphatic heterocycles. The maximum absolute atomic E-state index is 5.54. The van der Waals surface area contributed by atoms with E-state index in [1.807, 2.05) is 18.7 Å². The van der Waals surface area contributed by atoms with Crippen LogP contribution in [0.3, 0.4) is 0 Å². The van der Waals surface area contributed by atoms with Crippen LogP contribution in [0.4, 0.5) is 11.6 Å². The number of aryl methyl sites for hydroxylation is 1. The smallest absolute Gasteiger partial charge is 0.148 e. The van der Waals surface area contributed by atoms with Gasteiger partial charge in [0.05, 0.1) is 0 Å². The molecule has 0 aliphatic rings. The van der Waals surface area contributed by atoms with E-state index in [4.69, 9.17) is 5.84 Å². The van der Waals surface area contributed by atoms with Crippen molar-refractivity contribution in [1.29, 1.82) is 0 Å². The van der Waals surface area contributed by atoms with Crippen LogP contribution in [0.15, 0.2) is 0 Å². The summed E-state index contributed by atoms with van der Waals surface area (Å²) in [5.41, 5.74) is 3.64. The number of nitrogens with zero attached hydrogens (tertiary/aromatic N) is 2. The molecule has 114 valence electrons. The Labute approximate surface area is 126 Å². The molecule has 0 radical (unpaired) electrons. The van der Waals surface area contributed by atoms with Gasteiger partial charge in [-0.1, -0.05) is 13.8 Å². The van der Waals surface area contributed by atoms with Gasteiger partial charge in [-0.15, -0.1) is 0 Å². The van der Waals surface area contributed by atoms with E-state index in [1.165, 1.54) is 11.5 Å². The van der Waals surface area contributed by atoms with Crippen molar-refractivity contribution in [3.63, 3.8) is 0 Å². The monoisotopic (exact) mass is 297 g/mol. The van der Waals surface area contributed by atoms with Crippen LogP contribution < -0.4 is 16.6 Å². The lowest BCUT2D eigenvalue weighted by Gasteiger charge is -2.18. The number of hydrazine groups is 1. The Morgan fingerprint density at radius 3 is 2.55 bits per heavy atom. The summed E-state index contributed by atoms with van der Waals surface area (Å²) >= 11 is 1.97. The van der Waals surface area contributed by atoms with Gasteiger partial charge in [0.15, 0.2) is 0 Å². The molecule has 6 heteroatoms. The van der Waals surface area contributed by atoms with Gasteiger partial charge in [0.2, 0.25) is 0 Å². The molecule has 1 atom stereocenters. The molecule has 0 saturated heterocycles. The van der Waals surface area contributed by atoms with Gasteiger partial charge >= 0.3 is 0 Å². The van der Waals surface area contributed by atoms with Crippen LogP contribution in [0, 0.1) is 6.92 Å². The van der Waals surface area contributed by atoms with Gasteiger partial charge in [-0.3, -0.25) is 0 Å². The molecular formula is C14H27N5S. The van der Waals surface area contributed by atoms with Crippen LogP contribution in [0.2, 0.25) is 0 Å². The number of hydrogen-bond donors (Lipinski definition) is 3. The topological polar surface area (TPSA) is 75.9 Å². The molecule has 1 heterocycles. The third-order valence-electron chi connectivity index (χ3n) is 3.08. The highest BCUT2D eigenvalue weighted by atomic mass is 32.2. The Bertz CT molecular complexity index is 411. The van der Waals surface area contributed by atoms with Crippen molar-refractivity contribution in [3.05, 3.63) is 11.4 Å². The molecular weight excluding hydrogens is 270 g/mol. The number of nitrogens with one attached hydrogen (secondary N) is 2. The van der Waals surface area contributed by atoms with Gasteiger partial charge in [0.1, 0.15) is 17.5 Å². The largest absolute Gasteiger partial charge is 0.367 e. The molecule has 20 heavy (non-hydrogen) atoms. The molecule has 1 aromatic rings. The summed E-state index contributed by atoms with van der Waals surface area (Å²) in [7, 11) is 0. The maximum atomic E-state index is 5.54. The molecule has 0 saturated carbocycles. The maximum Gasteiger partial charge on any atom is 0.148 e. The van der Waals surface area contributed by atoms with Crippen LogP contribution in [0.5, 0.6) is 0 Å². The number of aromatic nitrogens is 2. The Balaban J connectivity index is 2.78. The lowest BCUT2D eigenvalue weighted by Crippen LogP contribution is -2.20. The second-order valence-electron chi connectivity index (χ2n) is 4.89. The molecule has 4 N–H and O–H groups in total. The minimum atomic E-state index is 0.391. The highest BCUT2D eigenvalue weighted by molar-refractivity contribution is 7.99. The number of rotatable bonds is 9. The summed E-state index contributed by atoms with van der Waals surface area (Å²) in [6, 6.07) is 0.391. The van der Waals surface area contributed by atoms with E-state index >= 15 is 0 Å². The second-order valence-corrected chi connectivity index (χ2v) is 6.28. The zero-order chi connectivity index (χ0) is 15.0. The molecule has 0 aromatic carbocycles. The van der Waals surface area contributed by atoms with Crippen molar-refractivity contribution in [2.24, 2.45) is 5.84 Å². The van der Waals surface area contributed by atoms with E-state index in [0.29, 0.717) is 11.9 Å². The van der Waals surface area contributed by atoms with E-state index in [9.17, 15) is 0 Å². The molecule has 5 nitrogen and oxygen atoms in total. The lowest BCUT2D eigenvalue weighted by molar-refractivity contribution is 0.756. The van der Waals surface area contributed by atoms with Crippen molar-refractivity contribution < 1.29 is 0 Å². The van der Waals surface area contributed by atoms with Gasteiger partial charge in [-0.25, -0.2) is 15.8 Å². The highest BCUT2D eigenvalue weighted by Gasteiger charge is 2.12. The Kier molecular flexibility index (Phi) is 7.69. The van der Waals surface area contributed by atoms with Crippen molar-refractivity contribution in [1.82, 2.24) is 9.97 Å². The van der Waals surface area contributed by atoms with E-state index in [-0.39, 0.29) is 0 Å². The fourth-order valence-corrected chi connectivity index (χ4v) is 2.70. The standard InChI is InChI=1S/C14H27N5S/c1-5-7-12-17-13(11(4)14(18-12)19-15)16-10(3)8-9-20-6-2/h10H,5-9,15H2,1-4H3,(H2,16,17,18,19). The first-order chi connectivity index (χ1) is 9.62. The fourth-order valence-electron chi connectivity index (χ4n) is 1.89. The minimum Gasteiger partial charge on any atom is -0.367 e. The van der Waals surface area contributed by atoms with E-state index < -0.39 is 0 Å². The van der Waals surface area contributed by atoms with Crippen LogP contribution in [0.1, 0.15) is 45.0 Å². The second kappa shape index (κ2) is 9.02. The first-order valence-corrected chi connectivity index (χ1v) is 8.46. The lowest BCUT2D eigenvalue weighted by atomic mass is 10.2. The number of nitrogens with two attached hydrogens (primary N) is 1. The van der Waals surface area contributed by atoms with Crippen LogP contribution in [-0.2, 0) is 6.42 Å². The number of anilines is 2. The average Bonchev–Trinajstić information content (AvgIpc) is 2.42. The molecule has 0 aliphatic carbocycles. The predicted molar refractivity (Wildman–Crippen MR) is 89.3 cm³/mol. The average molecular weight is 297 g/mol. The SMILES string of the molecule is CCCc1nc(NN)c(C)c(NC(C)CCSCC)n1. The van der Waals surface area contributed by atoms with Crippen molar-refractivity contribution >= 4 is 23.4 Å². The third-order valence-corrected chi connectivity index (χ3v) is 4.02. The third kappa shape index (κ3) is 5.17. The zero-order valence-electron chi connectivity index (χ0n) is 13.0. The molecule has 1 aromatic heterocycles. The first-order valence-electron chi connectivity index (χ1n) is 7.30. The summed E-state index contributed by atoms with van der Waals surface area (Å²) in [5.74, 6) is 10.3. The Morgan fingerprint density at radius 1 is 1.25 bits per heavy atom. The van der Waals surface area contributed by atoms with Gasteiger partial charge in [-0.05, 0) is 38.2 Å². The predicted octanol–water partition coefficient (Wildman–Crippen LogP) is 2.97. The zero-order valence-corrected chi connectivity index (χ0v) is 13.8. The van der Waals surface area contributed by atoms with E-state index in [1.54, 1.807) is 0 Å². The summed E-state index contributed by atoms with van der Waals surface area (Å²) in [6.45, 7) is 8.48. The molecule has 1 unspecified atom stereocenters. The van der Waals surface area contributed by atoms with Crippen LogP contribution in [0.25, 0.3) is 0 Å². The van der Waals surface area contributed by atoms with Crippen LogP contribution >= 0.6 is 11.8 Å². The normalized spacial score (nSPS) is 12.2. The van der Waals surface area contributed by atoms with Gasteiger partial charge in [-0.2, -0.15) is 11.8 Å². The summed E-state index contributed by atoms with van der Waals surface area (Å²) in [6.07, 6.45) is 3.01. The first kappa shape index (κ1) is 17.0. The number of thioether (sulfide) groups is 1. The number of hydrogen-bond acceptors (Lipinski definition) is 6. The molecule has 0 amide bonds. The van der Waals surface area contributed by atoms with Crippen LogP contribution in [-0.4, -0.2) is 27.5 Å². The van der Waals surface area contributed by atoms with Gasteiger partial charge < -0.3 is 10.7 Å². The summed E-state index contributed by atoms with van der Waals surface area (Å²) in [4.78, 5) is 9.05. The number of nitrogen functional groups attached to an aromatic ring is 1. The van der Waals surface area contributed by atoms with Gasteiger partial charge in [0, 0.05) is 18.0 Å². The quantitative estimate of drug-likeness (QED) is 0.369. The Morgan fingerprint density at radius 2 is 1.95 bits per heavy atom. The fraction of sp³-hybridized carbons (Fsp3) is 0.714. The Hall–Kier alpha value is -1.01.